The molecule has 0 bridgehead atoms. The van der Waals surface area contributed by atoms with E-state index >= 15 is 0 Å². The minimum atomic E-state index is -0.355. The van der Waals surface area contributed by atoms with Crippen LogP contribution in [0.4, 0.5) is 0 Å². The fraction of sp³-hybridized carbons (Fsp3) is 0.750. The largest absolute Gasteiger partial charge is 0.388 e. The molecule has 0 radical (unpaired) electrons. The molecule has 1 N–H and O–H groups in total. The first kappa shape index (κ1) is 10.7. The SMILES string of the molecule is Cn1cc(C(O)C2(C)CCCCC2)cn1. The molecule has 3 heteroatoms. The second-order valence-electron chi connectivity index (χ2n) is 5.06. The van der Waals surface area contributed by atoms with Crippen LogP contribution in [0.15, 0.2) is 12.4 Å². The number of hydrogen-bond acceptors (Lipinski definition) is 2. The lowest BCUT2D eigenvalue weighted by atomic mass is 9.70. The first-order valence-corrected chi connectivity index (χ1v) is 5.78. The molecule has 0 amide bonds. The van der Waals surface area contributed by atoms with Crippen molar-refractivity contribution in [1.29, 1.82) is 0 Å². The highest BCUT2D eigenvalue weighted by Crippen LogP contribution is 2.45. The predicted octanol–water partition coefficient (Wildman–Crippen LogP) is 2.42. The summed E-state index contributed by atoms with van der Waals surface area (Å²) in [6.45, 7) is 2.20. The lowest BCUT2D eigenvalue weighted by molar-refractivity contribution is 0.00814. The second kappa shape index (κ2) is 3.97. The molecule has 84 valence electrons. The Hall–Kier alpha value is -0.830. The van der Waals surface area contributed by atoms with E-state index in [0.717, 1.165) is 18.4 Å². The Balaban J connectivity index is 2.15. The van der Waals surface area contributed by atoms with E-state index in [1.54, 1.807) is 10.9 Å². The Morgan fingerprint density at radius 1 is 1.40 bits per heavy atom. The highest BCUT2D eigenvalue weighted by Gasteiger charge is 2.35. The van der Waals surface area contributed by atoms with Gasteiger partial charge < -0.3 is 5.11 Å². The summed E-state index contributed by atoms with van der Waals surface area (Å²) in [7, 11) is 1.89. The molecular formula is C12H20N2O. The quantitative estimate of drug-likeness (QED) is 0.810. The topological polar surface area (TPSA) is 38.0 Å². The zero-order chi connectivity index (χ0) is 10.9. The molecule has 1 saturated carbocycles. The molecule has 0 saturated heterocycles. The van der Waals surface area contributed by atoms with E-state index in [4.69, 9.17) is 0 Å². The van der Waals surface area contributed by atoms with Crippen LogP contribution in [0.25, 0.3) is 0 Å². The van der Waals surface area contributed by atoms with Crippen molar-refractivity contribution in [2.45, 2.75) is 45.1 Å². The van der Waals surface area contributed by atoms with Crippen LogP contribution in [0.3, 0.4) is 0 Å². The van der Waals surface area contributed by atoms with Gasteiger partial charge in [0.15, 0.2) is 0 Å². The van der Waals surface area contributed by atoms with E-state index < -0.39 is 0 Å². The third kappa shape index (κ3) is 2.07. The zero-order valence-electron chi connectivity index (χ0n) is 9.61. The predicted molar refractivity (Wildman–Crippen MR) is 59.4 cm³/mol. The van der Waals surface area contributed by atoms with Crippen LogP contribution < -0.4 is 0 Å². The van der Waals surface area contributed by atoms with Crippen molar-refractivity contribution in [2.24, 2.45) is 12.5 Å². The van der Waals surface area contributed by atoms with Crippen LogP contribution >= 0.6 is 0 Å². The molecule has 1 unspecified atom stereocenters. The van der Waals surface area contributed by atoms with Crippen LogP contribution in [0.5, 0.6) is 0 Å². The molecule has 1 aliphatic rings. The van der Waals surface area contributed by atoms with Gasteiger partial charge in [0.05, 0.1) is 12.3 Å². The molecule has 0 aromatic carbocycles. The van der Waals surface area contributed by atoms with Crippen LogP contribution in [0.2, 0.25) is 0 Å². The summed E-state index contributed by atoms with van der Waals surface area (Å²) < 4.78 is 1.75. The molecule has 1 aliphatic carbocycles. The lowest BCUT2D eigenvalue weighted by Gasteiger charge is -2.37. The van der Waals surface area contributed by atoms with E-state index in [2.05, 4.69) is 12.0 Å². The van der Waals surface area contributed by atoms with E-state index in [-0.39, 0.29) is 11.5 Å². The van der Waals surface area contributed by atoms with Gasteiger partial charge >= 0.3 is 0 Å². The summed E-state index contributed by atoms with van der Waals surface area (Å²) in [6, 6.07) is 0. The molecule has 0 aliphatic heterocycles. The normalized spacial score (nSPS) is 22.6. The average Bonchev–Trinajstić information content (AvgIpc) is 2.65. The number of aliphatic hydroxyl groups excluding tert-OH is 1. The Kier molecular flexibility index (Phi) is 2.83. The van der Waals surface area contributed by atoms with Crippen LogP contribution in [-0.4, -0.2) is 14.9 Å². The highest BCUT2D eigenvalue weighted by molar-refractivity contribution is 5.11. The molecule has 0 spiro atoms. The summed E-state index contributed by atoms with van der Waals surface area (Å²) in [6.07, 6.45) is 9.41. The van der Waals surface area contributed by atoms with Crippen LogP contribution in [-0.2, 0) is 7.05 Å². The van der Waals surface area contributed by atoms with E-state index in [0.29, 0.717) is 0 Å². The van der Waals surface area contributed by atoms with Crippen molar-refractivity contribution in [3.05, 3.63) is 18.0 Å². The van der Waals surface area contributed by atoms with E-state index in [9.17, 15) is 5.11 Å². The number of nitrogens with zero attached hydrogens (tertiary/aromatic N) is 2. The minimum Gasteiger partial charge on any atom is -0.388 e. The summed E-state index contributed by atoms with van der Waals surface area (Å²) in [5.74, 6) is 0. The van der Waals surface area contributed by atoms with Crippen molar-refractivity contribution in [3.63, 3.8) is 0 Å². The third-order valence-corrected chi connectivity index (χ3v) is 3.70. The molecule has 1 heterocycles. The first-order valence-electron chi connectivity index (χ1n) is 5.78. The van der Waals surface area contributed by atoms with Crippen LogP contribution in [0.1, 0.15) is 50.7 Å². The maximum absolute atomic E-state index is 10.4. The van der Waals surface area contributed by atoms with Gasteiger partial charge in [-0.05, 0) is 18.3 Å². The Morgan fingerprint density at radius 2 is 2.07 bits per heavy atom. The van der Waals surface area contributed by atoms with Crippen molar-refractivity contribution in [1.82, 2.24) is 9.78 Å². The standard InChI is InChI=1S/C12H20N2O/c1-12(6-4-3-5-7-12)11(15)10-8-13-14(2)9-10/h8-9,11,15H,3-7H2,1-2H3. The molecule has 3 nitrogen and oxygen atoms in total. The van der Waals surface area contributed by atoms with Crippen molar-refractivity contribution in [2.75, 3.05) is 0 Å². The molecule has 1 fully saturated rings. The van der Waals surface area contributed by atoms with Gasteiger partial charge in [-0.15, -0.1) is 0 Å². The number of aromatic nitrogens is 2. The van der Waals surface area contributed by atoms with E-state index in [1.165, 1.54) is 19.3 Å². The van der Waals surface area contributed by atoms with Crippen LogP contribution in [0, 0.1) is 5.41 Å². The summed E-state index contributed by atoms with van der Waals surface area (Å²) in [4.78, 5) is 0. The number of aliphatic hydroxyl groups is 1. The molecule has 15 heavy (non-hydrogen) atoms. The van der Waals surface area contributed by atoms with Gasteiger partial charge in [0.2, 0.25) is 0 Å². The fourth-order valence-electron chi connectivity index (χ4n) is 2.62. The molecule has 2 rings (SSSR count). The zero-order valence-corrected chi connectivity index (χ0v) is 9.61. The maximum Gasteiger partial charge on any atom is 0.0873 e. The minimum absolute atomic E-state index is 0.0568. The van der Waals surface area contributed by atoms with Crippen molar-refractivity contribution in [3.8, 4) is 0 Å². The van der Waals surface area contributed by atoms with Crippen molar-refractivity contribution < 1.29 is 5.11 Å². The van der Waals surface area contributed by atoms with Gasteiger partial charge in [0.1, 0.15) is 0 Å². The molecule has 1 aromatic rings. The highest BCUT2D eigenvalue weighted by atomic mass is 16.3. The van der Waals surface area contributed by atoms with Gasteiger partial charge in [-0.1, -0.05) is 26.2 Å². The monoisotopic (exact) mass is 208 g/mol. The number of aryl methyl sites for hydroxylation is 1. The van der Waals surface area contributed by atoms with Gasteiger partial charge in [-0.2, -0.15) is 5.10 Å². The maximum atomic E-state index is 10.4. The number of hydrogen-bond donors (Lipinski definition) is 1. The smallest absolute Gasteiger partial charge is 0.0873 e. The average molecular weight is 208 g/mol. The Labute approximate surface area is 91.1 Å². The van der Waals surface area contributed by atoms with Crippen molar-refractivity contribution >= 4 is 0 Å². The number of rotatable bonds is 2. The summed E-state index contributed by atoms with van der Waals surface area (Å²) >= 11 is 0. The molecule has 1 aromatic heterocycles. The summed E-state index contributed by atoms with van der Waals surface area (Å²) in [5, 5.41) is 14.5. The van der Waals surface area contributed by atoms with Gasteiger partial charge in [0, 0.05) is 18.8 Å². The van der Waals surface area contributed by atoms with E-state index in [1.807, 2.05) is 13.2 Å². The fourth-order valence-corrected chi connectivity index (χ4v) is 2.62. The first-order chi connectivity index (χ1) is 7.12. The van der Waals surface area contributed by atoms with Gasteiger partial charge in [0.25, 0.3) is 0 Å². The molecular weight excluding hydrogens is 188 g/mol. The van der Waals surface area contributed by atoms with Gasteiger partial charge in [-0.3, -0.25) is 4.68 Å². The molecule has 1 atom stereocenters. The Morgan fingerprint density at radius 3 is 2.60 bits per heavy atom. The Bertz CT molecular complexity index is 326. The third-order valence-electron chi connectivity index (χ3n) is 3.70. The lowest BCUT2D eigenvalue weighted by Crippen LogP contribution is -2.28. The second-order valence-corrected chi connectivity index (χ2v) is 5.06. The van der Waals surface area contributed by atoms with Gasteiger partial charge in [-0.25, -0.2) is 0 Å². The summed E-state index contributed by atoms with van der Waals surface area (Å²) in [5.41, 5.74) is 1.02.